The number of halogens is 1. The number of amides is 1. The van der Waals surface area contributed by atoms with E-state index in [1.54, 1.807) is 6.07 Å². The number of hydrogen-bond donors (Lipinski definition) is 1. The highest BCUT2D eigenvalue weighted by molar-refractivity contribution is 5.67. The van der Waals surface area contributed by atoms with Gasteiger partial charge in [-0.15, -0.1) is 0 Å². The smallest absolute Gasteiger partial charge is 0.405 e. The van der Waals surface area contributed by atoms with Crippen LogP contribution in [0.25, 0.3) is 11.1 Å². The molecule has 3 nitrogen and oxygen atoms in total. The average molecular weight is 285 g/mol. The second kappa shape index (κ2) is 5.56. The van der Waals surface area contributed by atoms with Gasteiger partial charge in [0.05, 0.1) is 0 Å². The molecule has 0 bridgehead atoms. The van der Waals surface area contributed by atoms with Crippen LogP contribution in [0.2, 0.25) is 0 Å². The van der Waals surface area contributed by atoms with Gasteiger partial charge in [0.15, 0.2) is 0 Å². The van der Waals surface area contributed by atoms with Crippen molar-refractivity contribution < 1.29 is 13.9 Å². The van der Waals surface area contributed by atoms with Crippen molar-refractivity contribution in [3.05, 3.63) is 59.4 Å². The molecule has 0 saturated heterocycles. The minimum atomic E-state index is -0.748. The topological polar surface area (TPSA) is 52.3 Å². The highest BCUT2D eigenvalue weighted by Crippen LogP contribution is 2.35. The standard InChI is InChI=1S/C17H16FNO2/c18-14-5-1-3-11(10-14)12-7-8-15-13(9-12)4-2-6-16(15)21-17(19)20/h1,3,5,7-10,16H,2,4,6H2,(H2,19,20). The number of rotatable bonds is 2. The zero-order valence-corrected chi connectivity index (χ0v) is 11.5. The maximum atomic E-state index is 13.3. The molecule has 2 aromatic rings. The first-order chi connectivity index (χ1) is 10.1. The van der Waals surface area contributed by atoms with Crippen LogP contribution < -0.4 is 5.73 Å². The van der Waals surface area contributed by atoms with Crippen molar-refractivity contribution in [2.75, 3.05) is 0 Å². The SMILES string of the molecule is NC(=O)OC1CCCc2cc(-c3cccc(F)c3)ccc21. The summed E-state index contributed by atoms with van der Waals surface area (Å²) in [6.45, 7) is 0. The Morgan fingerprint density at radius 2 is 2.00 bits per heavy atom. The van der Waals surface area contributed by atoms with Gasteiger partial charge in [0.1, 0.15) is 11.9 Å². The zero-order chi connectivity index (χ0) is 14.8. The first kappa shape index (κ1) is 13.6. The maximum Gasteiger partial charge on any atom is 0.405 e. The molecule has 1 unspecified atom stereocenters. The summed E-state index contributed by atoms with van der Waals surface area (Å²) in [7, 11) is 0. The number of fused-ring (bicyclic) bond motifs is 1. The highest BCUT2D eigenvalue weighted by atomic mass is 19.1. The number of primary amides is 1. The van der Waals surface area contributed by atoms with Gasteiger partial charge < -0.3 is 10.5 Å². The van der Waals surface area contributed by atoms with Crippen molar-refractivity contribution in [3.8, 4) is 11.1 Å². The Hall–Kier alpha value is -2.36. The van der Waals surface area contributed by atoms with Gasteiger partial charge >= 0.3 is 6.09 Å². The lowest BCUT2D eigenvalue weighted by Crippen LogP contribution is -2.20. The third-order valence-corrected chi connectivity index (χ3v) is 3.82. The number of nitrogens with two attached hydrogens (primary N) is 1. The number of aryl methyl sites for hydroxylation is 1. The van der Waals surface area contributed by atoms with Gasteiger partial charge in [-0.25, -0.2) is 9.18 Å². The van der Waals surface area contributed by atoms with Crippen LogP contribution in [0.5, 0.6) is 0 Å². The predicted octanol–water partition coefficient (Wildman–Crippen LogP) is 3.97. The predicted molar refractivity (Wildman–Crippen MR) is 78.2 cm³/mol. The Morgan fingerprint density at radius 3 is 2.76 bits per heavy atom. The molecule has 108 valence electrons. The molecule has 2 aromatic carbocycles. The van der Waals surface area contributed by atoms with Crippen LogP contribution in [0.3, 0.4) is 0 Å². The van der Waals surface area contributed by atoms with Gasteiger partial charge in [-0.2, -0.15) is 0 Å². The van der Waals surface area contributed by atoms with Crippen molar-refractivity contribution in [1.29, 1.82) is 0 Å². The van der Waals surface area contributed by atoms with E-state index >= 15 is 0 Å². The fraction of sp³-hybridized carbons (Fsp3) is 0.235. The fourth-order valence-corrected chi connectivity index (χ4v) is 2.88. The lowest BCUT2D eigenvalue weighted by molar-refractivity contribution is 0.0959. The van der Waals surface area contributed by atoms with Crippen molar-refractivity contribution in [3.63, 3.8) is 0 Å². The molecular weight excluding hydrogens is 269 g/mol. The summed E-state index contributed by atoms with van der Waals surface area (Å²) >= 11 is 0. The van der Waals surface area contributed by atoms with E-state index in [1.165, 1.54) is 12.1 Å². The van der Waals surface area contributed by atoms with Gasteiger partial charge in [0.2, 0.25) is 0 Å². The summed E-state index contributed by atoms with van der Waals surface area (Å²) in [6, 6.07) is 12.4. The Labute approximate surface area is 122 Å². The fourth-order valence-electron chi connectivity index (χ4n) is 2.88. The van der Waals surface area contributed by atoms with E-state index in [-0.39, 0.29) is 11.9 Å². The Morgan fingerprint density at radius 1 is 1.19 bits per heavy atom. The molecule has 0 heterocycles. The molecular formula is C17H16FNO2. The molecule has 0 aliphatic heterocycles. The summed E-state index contributed by atoms with van der Waals surface area (Å²) in [4.78, 5) is 11.0. The van der Waals surface area contributed by atoms with E-state index in [4.69, 9.17) is 10.5 Å². The lowest BCUT2D eigenvalue weighted by atomic mass is 9.87. The molecule has 0 saturated carbocycles. The Kier molecular flexibility index (Phi) is 3.60. The van der Waals surface area contributed by atoms with Crippen LogP contribution in [0.15, 0.2) is 42.5 Å². The average Bonchev–Trinajstić information content (AvgIpc) is 2.46. The molecule has 2 N–H and O–H groups in total. The van der Waals surface area contributed by atoms with Gasteiger partial charge in [-0.05, 0) is 53.6 Å². The van der Waals surface area contributed by atoms with Crippen LogP contribution in [0.1, 0.15) is 30.1 Å². The molecule has 0 fully saturated rings. The van der Waals surface area contributed by atoms with E-state index in [0.29, 0.717) is 0 Å². The highest BCUT2D eigenvalue weighted by Gasteiger charge is 2.23. The monoisotopic (exact) mass is 285 g/mol. The molecule has 0 radical (unpaired) electrons. The molecule has 0 spiro atoms. The van der Waals surface area contributed by atoms with Gasteiger partial charge in [0.25, 0.3) is 0 Å². The number of benzene rings is 2. The molecule has 21 heavy (non-hydrogen) atoms. The molecule has 3 rings (SSSR count). The van der Waals surface area contributed by atoms with Crippen molar-refractivity contribution >= 4 is 6.09 Å². The number of carbonyl (C=O) groups excluding carboxylic acids is 1. The van der Waals surface area contributed by atoms with Crippen LogP contribution in [-0.2, 0) is 11.2 Å². The molecule has 0 aromatic heterocycles. The van der Waals surface area contributed by atoms with Gasteiger partial charge in [-0.3, -0.25) is 0 Å². The second-order valence-corrected chi connectivity index (χ2v) is 5.24. The Balaban J connectivity index is 1.96. The van der Waals surface area contributed by atoms with Gasteiger partial charge in [0, 0.05) is 0 Å². The number of ether oxygens (including phenoxy) is 1. The van der Waals surface area contributed by atoms with E-state index in [9.17, 15) is 9.18 Å². The van der Waals surface area contributed by atoms with Crippen LogP contribution >= 0.6 is 0 Å². The van der Waals surface area contributed by atoms with E-state index in [0.717, 1.165) is 41.5 Å². The largest absolute Gasteiger partial charge is 0.442 e. The van der Waals surface area contributed by atoms with E-state index in [2.05, 4.69) is 0 Å². The normalized spacial score (nSPS) is 17.1. The van der Waals surface area contributed by atoms with Crippen molar-refractivity contribution in [2.45, 2.75) is 25.4 Å². The molecule has 1 amide bonds. The third-order valence-electron chi connectivity index (χ3n) is 3.82. The van der Waals surface area contributed by atoms with Crippen LogP contribution in [0, 0.1) is 5.82 Å². The Bertz CT molecular complexity index is 684. The number of carbonyl (C=O) groups is 1. The summed E-state index contributed by atoms with van der Waals surface area (Å²) in [5.41, 5.74) is 9.06. The zero-order valence-electron chi connectivity index (χ0n) is 11.5. The first-order valence-corrected chi connectivity index (χ1v) is 6.98. The minimum Gasteiger partial charge on any atom is -0.442 e. The summed E-state index contributed by atoms with van der Waals surface area (Å²) in [6.07, 6.45) is 1.64. The summed E-state index contributed by atoms with van der Waals surface area (Å²) in [5, 5.41) is 0. The van der Waals surface area contributed by atoms with E-state index in [1.807, 2.05) is 24.3 Å². The minimum absolute atomic E-state index is 0.250. The molecule has 1 atom stereocenters. The molecule has 4 heteroatoms. The van der Waals surface area contributed by atoms with Crippen molar-refractivity contribution in [2.24, 2.45) is 5.73 Å². The second-order valence-electron chi connectivity index (χ2n) is 5.24. The molecule has 1 aliphatic carbocycles. The van der Waals surface area contributed by atoms with Crippen LogP contribution in [0.4, 0.5) is 9.18 Å². The number of hydrogen-bond acceptors (Lipinski definition) is 2. The quantitative estimate of drug-likeness (QED) is 0.907. The first-order valence-electron chi connectivity index (χ1n) is 6.98. The lowest BCUT2D eigenvalue weighted by Gasteiger charge is -2.25. The summed E-state index contributed by atoms with van der Waals surface area (Å²) < 4.78 is 18.5. The van der Waals surface area contributed by atoms with Crippen molar-refractivity contribution in [1.82, 2.24) is 0 Å². The third kappa shape index (κ3) is 2.89. The van der Waals surface area contributed by atoms with Gasteiger partial charge in [-0.1, -0.05) is 30.3 Å². The maximum absolute atomic E-state index is 13.3. The van der Waals surface area contributed by atoms with E-state index < -0.39 is 6.09 Å². The van der Waals surface area contributed by atoms with Crippen LogP contribution in [-0.4, -0.2) is 6.09 Å². The summed E-state index contributed by atoms with van der Waals surface area (Å²) in [5.74, 6) is -0.250. The molecule has 1 aliphatic rings.